The maximum atomic E-state index is 11.3. The van der Waals surface area contributed by atoms with Gasteiger partial charge in [0.2, 0.25) is 0 Å². The SMILES string of the molecule is CCOc1cc(CNc2ccc(Cl)c(C(=O)O)c2)cc(Br)c1OCc1ccc(Cl)cc1. The van der Waals surface area contributed by atoms with E-state index in [9.17, 15) is 9.90 Å². The molecule has 0 fully saturated rings. The van der Waals surface area contributed by atoms with Crippen molar-refractivity contribution in [3.63, 3.8) is 0 Å². The van der Waals surface area contributed by atoms with E-state index in [-0.39, 0.29) is 10.6 Å². The van der Waals surface area contributed by atoms with Crippen molar-refractivity contribution in [2.75, 3.05) is 11.9 Å². The third-order valence-corrected chi connectivity index (χ3v) is 5.53. The number of halogens is 3. The monoisotopic (exact) mass is 523 g/mol. The van der Waals surface area contributed by atoms with Crippen LogP contribution in [0.3, 0.4) is 0 Å². The Hall–Kier alpha value is -2.41. The third-order valence-electron chi connectivity index (χ3n) is 4.36. The second-order valence-corrected chi connectivity index (χ2v) is 8.30. The molecule has 0 aromatic heterocycles. The van der Waals surface area contributed by atoms with Gasteiger partial charge in [-0.15, -0.1) is 0 Å². The number of nitrogens with one attached hydrogen (secondary N) is 1. The summed E-state index contributed by atoms with van der Waals surface area (Å²) in [5.74, 6) is 0.155. The van der Waals surface area contributed by atoms with Crippen LogP contribution in [0.1, 0.15) is 28.4 Å². The normalized spacial score (nSPS) is 10.6. The minimum atomic E-state index is -1.07. The summed E-state index contributed by atoms with van der Waals surface area (Å²) in [5.41, 5.74) is 2.62. The predicted octanol–water partition coefficient (Wildman–Crippen LogP) is 7.04. The first-order chi connectivity index (χ1) is 14.9. The van der Waals surface area contributed by atoms with Crippen molar-refractivity contribution < 1.29 is 19.4 Å². The first kappa shape index (κ1) is 23.3. The van der Waals surface area contributed by atoms with Crippen LogP contribution in [0.4, 0.5) is 5.69 Å². The highest BCUT2D eigenvalue weighted by atomic mass is 79.9. The molecule has 0 saturated heterocycles. The molecule has 0 atom stereocenters. The molecule has 3 aromatic carbocycles. The first-order valence-electron chi connectivity index (χ1n) is 9.46. The molecule has 0 aliphatic rings. The quantitative estimate of drug-likeness (QED) is 0.314. The van der Waals surface area contributed by atoms with Crippen molar-refractivity contribution in [1.82, 2.24) is 0 Å². The van der Waals surface area contributed by atoms with Crippen LogP contribution < -0.4 is 14.8 Å². The van der Waals surface area contributed by atoms with Crippen molar-refractivity contribution in [3.8, 4) is 11.5 Å². The summed E-state index contributed by atoms with van der Waals surface area (Å²) in [6, 6.07) is 16.1. The van der Waals surface area contributed by atoms with E-state index in [2.05, 4.69) is 21.2 Å². The van der Waals surface area contributed by atoms with Gasteiger partial charge in [-0.3, -0.25) is 0 Å². The fourth-order valence-corrected chi connectivity index (χ4v) is 3.79. The first-order valence-corrected chi connectivity index (χ1v) is 11.0. The Morgan fingerprint density at radius 3 is 2.45 bits per heavy atom. The number of carbonyl (C=O) groups is 1. The summed E-state index contributed by atoms with van der Waals surface area (Å²) in [6.07, 6.45) is 0. The number of carboxylic acid groups (broad SMARTS) is 1. The van der Waals surface area contributed by atoms with Crippen LogP contribution in [0.5, 0.6) is 11.5 Å². The lowest BCUT2D eigenvalue weighted by molar-refractivity contribution is 0.0697. The van der Waals surface area contributed by atoms with E-state index >= 15 is 0 Å². The zero-order chi connectivity index (χ0) is 22.4. The Morgan fingerprint density at radius 1 is 1.03 bits per heavy atom. The van der Waals surface area contributed by atoms with Gasteiger partial charge in [-0.2, -0.15) is 0 Å². The lowest BCUT2D eigenvalue weighted by Crippen LogP contribution is -2.05. The Balaban J connectivity index is 1.75. The fraction of sp³-hybridized carbons (Fsp3) is 0.174. The summed E-state index contributed by atoms with van der Waals surface area (Å²) >= 11 is 15.4. The molecule has 0 aliphatic heterocycles. The molecule has 0 radical (unpaired) electrons. The topological polar surface area (TPSA) is 67.8 Å². The van der Waals surface area contributed by atoms with Crippen molar-refractivity contribution in [2.45, 2.75) is 20.1 Å². The maximum absolute atomic E-state index is 11.3. The van der Waals surface area contributed by atoms with Gasteiger partial charge < -0.3 is 19.9 Å². The van der Waals surface area contributed by atoms with Crippen molar-refractivity contribution in [3.05, 3.63) is 85.8 Å². The number of carboxylic acids is 1. The Kier molecular flexibility index (Phi) is 8.07. The van der Waals surface area contributed by atoms with E-state index in [1.165, 1.54) is 6.07 Å². The molecule has 31 heavy (non-hydrogen) atoms. The van der Waals surface area contributed by atoms with Crippen molar-refractivity contribution in [1.29, 1.82) is 0 Å². The molecule has 0 amide bonds. The summed E-state index contributed by atoms with van der Waals surface area (Å²) in [4.78, 5) is 11.3. The van der Waals surface area contributed by atoms with Gasteiger partial charge >= 0.3 is 5.97 Å². The molecule has 0 spiro atoms. The van der Waals surface area contributed by atoms with Gasteiger partial charge in [-0.25, -0.2) is 4.79 Å². The van der Waals surface area contributed by atoms with Gasteiger partial charge in [-0.1, -0.05) is 35.3 Å². The zero-order valence-corrected chi connectivity index (χ0v) is 19.7. The van der Waals surface area contributed by atoms with Crippen molar-refractivity contribution >= 4 is 50.8 Å². The molecule has 162 valence electrons. The molecule has 2 N–H and O–H groups in total. The molecule has 0 aliphatic carbocycles. The van der Waals surface area contributed by atoms with E-state index in [1.54, 1.807) is 12.1 Å². The third kappa shape index (κ3) is 6.29. The maximum Gasteiger partial charge on any atom is 0.337 e. The van der Waals surface area contributed by atoms with E-state index in [0.717, 1.165) is 15.6 Å². The van der Waals surface area contributed by atoms with Crippen LogP contribution >= 0.6 is 39.1 Å². The second-order valence-electron chi connectivity index (χ2n) is 6.61. The number of rotatable bonds is 9. The van der Waals surface area contributed by atoms with Gasteiger partial charge in [0.15, 0.2) is 11.5 Å². The smallest absolute Gasteiger partial charge is 0.337 e. The predicted molar refractivity (Wildman–Crippen MR) is 127 cm³/mol. The number of hydrogen-bond acceptors (Lipinski definition) is 4. The minimum absolute atomic E-state index is 0.0498. The number of anilines is 1. The van der Waals surface area contributed by atoms with E-state index < -0.39 is 5.97 Å². The Bertz CT molecular complexity index is 1070. The number of hydrogen-bond donors (Lipinski definition) is 2. The average Bonchev–Trinajstić information content (AvgIpc) is 2.74. The van der Waals surface area contributed by atoms with Crippen molar-refractivity contribution in [2.24, 2.45) is 0 Å². The van der Waals surface area contributed by atoms with Gasteiger partial charge in [0.1, 0.15) is 6.61 Å². The van der Waals surface area contributed by atoms with Gasteiger partial charge in [-0.05, 0) is 76.4 Å². The van der Waals surface area contributed by atoms with Gasteiger partial charge in [0, 0.05) is 17.3 Å². The molecular formula is C23H20BrCl2NO4. The van der Waals surface area contributed by atoms with Crippen LogP contribution in [-0.4, -0.2) is 17.7 Å². The van der Waals surface area contributed by atoms with Gasteiger partial charge in [0.05, 0.1) is 21.7 Å². The highest BCUT2D eigenvalue weighted by Crippen LogP contribution is 2.38. The summed E-state index contributed by atoms with van der Waals surface area (Å²) in [7, 11) is 0. The number of benzene rings is 3. The van der Waals surface area contributed by atoms with Gasteiger partial charge in [0.25, 0.3) is 0 Å². The zero-order valence-electron chi connectivity index (χ0n) is 16.6. The average molecular weight is 525 g/mol. The van der Waals surface area contributed by atoms with E-state index in [4.69, 9.17) is 32.7 Å². The van der Waals surface area contributed by atoms with E-state index in [0.29, 0.717) is 42.0 Å². The Morgan fingerprint density at radius 2 is 1.77 bits per heavy atom. The molecule has 5 nitrogen and oxygen atoms in total. The lowest BCUT2D eigenvalue weighted by Gasteiger charge is -2.16. The Labute approximate surface area is 199 Å². The summed E-state index contributed by atoms with van der Waals surface area (Å²) in [5, 5.41) is 13.3. The van der Waals surface area contributed by atoms with Crippen LogP contribution in [-0.2, 0) is 13.2 Å². The number of ether oxygens (including phenoxy) is 2. The highest BCUT2D eigenvalue weighted by Gasteiger charge is 2.14. The van der Waals surface area contributed by atoms with Crippen LogP contribution in [0.25, 0.3) is 0 Å². The molecule has 8 heteroatoms. The lowest BCUT2D eigenvalue weighted by atomic mass is 10.1. The second kappa shape index (κ2) is 10.8. The van der Waals surface area contributed by atoms with Crippen LogP contribution in [0, 0.1) is 0 Å². The molecular weight excluding hydrogens is 505 g/mol. The van der Waals surface area contributed by atoms with Crippen LogP contribution in [0.15, 0.2) is 59.1 Å². The van der Waals surface area contributed by atoms with Crippen LogP contribution in [0.2, 0.25) is 10.0 Å². The standard InChI is InChI=1S/C23H20BrCl2NO4/c1-2-30-21-10-15(12-27-17-7-8-20(26)18(11-17)23(28)29)9-19(24)22(21)31-13-14-3-5-16(25)6-4-14/h3-11,27H,2,12-13H2,1H3,(H,28,29). The molecule has 3 rings (SSSR count). The molecule has 0 heterocycles. The molecule has 0 unspecified atom stereocenters. The minimum Gasteiger partial charge on any atom is -0.490 e. The van der Waals surface area contributed by atoms with E-state index in [1.807, 2.05) is 43.3 Å². The largest absolute Gasteiger partial charge is 0.490 e. The molecule has 0 saturated carbocycles. The molecule has 3 aromatic rings. The summed E-state index contributed by atoms with van der Waals surface area (Å²) < 4.78 is 12.5. The summed E-state index contributed by atoms with van der Waals surface area (Å²) in [6.45, 7) is 3.22. The fourth-order valence-electron chi connectivity index (χ4n) is 2.87. The number of aromatic carboxylic acids is 1. The molecule has 0 bridgehead atoms. The highest BCUT2D eigenvalue weighted by molar-refractivity contribution is 9.10.